The van der Waals surface area contributed by atoms with Crippen molar-refractivity contribution in [2.45, 2.75) is 0 Å². The summed E-state index contributed by atoms with van der Waals surface area (Å²) in [4.78, 5) is 5.96. The Morgan fingerprint density at radius 3 is 2.92 bits per heavy atom. The number of fused-ring (bicyclic) bond motifs is 1. The summed E-state index contributed by atoms with van der Waals surface area (Å²) in [7, 11) is 1.44. The van der Waals surface area contributed by atoms with Gasteiger partial charge in [-0.2, -0.15) is 0 Å². The minimum atomic E-state index is -0.403. The molecule has 0 bridgehead atoms. The molecule has 1 heterocycles. The van der Waals surface area contributed by atoms with Gasteiger partial charge in [-0.25, -0.2) is 4.39 Å². The van der Waals surface area contributed by atoms with E-state index in [0.717, 1.165) is 0 Å². The van der Waals surface area contributed by atoms with Gasteiger partial charge in [0.25, 0.3) is 0 Å². The minimum Gasteiger partial charge on any atom is -0.400 e. The molecule has 0 radical (unpaired) electrons. The topological polar surface area (TPSA) is 53.1 Å². The van der Waals surface area contributed by atoms with Crippen LogP contribution in [0.2, 0.25) is 0 Å². The van der Waals surface area contributed by atoms with Crippen LogP contribution in [0.25, 0.3) is 10.9 Å². The Morgan fingerprint density at radius 1 is 1.54 bits per heavy atom. The quantitative estimate of drug-likeness (QED) is 0.662. The van der Waals surface area contributed by atoms with Crippen LogP contribution < -0.4 is 10.6 Å². The van der Waals surface area contributed by atoms with Gasteiger partial charge < -0.3 is 10.6 Å². The van der Waals surface area contributed by atoms with E-state index in [1.807, 2.05) is 0 Å². The third-order valence-corrected chi connectivity index (χ3v) is 1.83. The predicted octanol–water partition coefficient (Wildman–Crippen LogP) is 0.816. The van der Waals surface area contributed by atoms with Crippen molar-refractivity contribution >= 4 is 16.6 Å². The Bertz CT molecular complexity index is 413. The van der Waals surface area contributed by atoms with E-state index >= 15 is 0 Å². The van der Waals surface area contributed by atoms with E-state index in [4.69, 9.17) is 10.6 Å². The van der Waals surface area contributed by atoms with E-state index in [9.17, 15) is 4.39 Å². The highest BCUT2D eigenvalue weighted by molar-refractivity contribution is 5.90. The highest BCUT2D eigenvalue weighted by Crippen LogP contribution is 2.21. The zero-order valence-corrected chi connectivity index (χ0v) is 6.99. The summed E-state index contributed by atoms with van der Waals surface area (Å²) >= 11 is 0. The molecule has 1 aromatic carbocycles. The summed E-state index contributed by atoms with van der Waals surface area (Å²) in [5, 5.41) is 4.39. The van der Waals surface area contributed by atoms with Crippen LogP contribution in [-0.2, 0) is 0 Å². The fourth-order valence-corrected chi connectivity index (χ4v) is 1.17. The molecule has 0 aliphatic carbocycles. The summed E-state index contributed by atoms with van der Waals surface area (Å²) in [6, 6.07) is 2.78. The Hall–Kier alpha value is -1.78. The molecule has 5 heteroatoms. The molecule has 0 saturated carbocycles. The van der Waals surface area contributed by atoms with Crippen LogP contribution in [0.4, 0.5) is 10.1 Å². The van der Waals surface area contributed by atoms with Crippen LogP contribution in [0.3, 0.4) is 0 Å². The SMILES string of the molecule is COn1cc2c(N)ccc(F)c2n1. The number of nitrogens with two attached hydrogens (primary N) is 1. The van der Waals surface area contributed by atoms with E-state index < -0.39 is 5.82 Å². The van der Waals surface area contributed by atoms with Crippen molar-refractivity contribution in [2.75, 3.05) is 12.8 Å². The van der Waals surface area contributed by atoms with Gasteiger partial charge in [0, 0.05) is 11.1 Å². The summed E-state index contributed by atoms with van der Waals surface area (Å²) in [6.45, 7) is 0. The lowest BCUT2D eigenvalue weighted by Gasteiger charge is -1.93. The Balaban J connectivity index is 2.80. The van der Waals surface area contributed by atoms with Gasteiger partial charge in [0.05, 0.1) is 6.20 Å². The summed E-state index contributed by atoms with van der Waals surface area (Å²) in [6.07, 6.45) is 1.54. The molecule has 0 unspecified atom stereocenters. The molecule has 0 aliphatic heterocycles. The maximum absolute atomic E-state index is 13.1. The van der Waals surface area contributed by atoms with Crippen LogP contribution in [0, 0.1) is 5.82 Å². The first-order valence-electron chi connectivity index (χ1n) is 3.70. The largest absolute Gasteiger partial charge is 0.400 e. The molecule has 2 aromatic rings. The van der Waals surface area contributed by atoms with Crippen LogP contribution in [0.1, 0.15) is 0 Å². The average Bonchev–Trinajstić information content (AvgIpc) is 2.56. The Labute approximate surface area is 73.7 Å². The van der Waals surface area contributed by atoms with E-state index in [2.05, 4.69) is 5.10 Å². The molecule has 0 atom stereocenters. The molecule has 0 fully saturated rings. The number of benzene rings is 1. The molecule has 68 valence electrons. The van der Waals surface area contributed by atoms with Gasteiger partial charge in [-0.1, -0.05) is 0 Å². The van der Waals surface area contributed by atoms with Gasteiger partial charge in [0.15, 0.2) is 5.82 Å². The molecule has 4 nitrogen and oxygen atoms in total. The number of hydrogen-bond acceptors (Lipinski definition) is 3. The van der Waals surface area contributed by atoms with Gasteiger partial charge in [-0.05, 0) is 12.1 Å². The number of rotatable bonds is 1. The fourth-order valence-electron chi connectivity index (χ4n) is 1.17. The smallest absolute Gasteiger partial charge is 0.151 e. The molecule has 2 N–H and O–H groups in total. The lowest BCUT2D eigenvalue weighted by atomic mass is 10.2. The molecular weight excluding hydrogens is 173 g/mol. The third-order valence-electron chi connectivity index (χ3n) is 1.83. The number of aromatic nitrogens is 2. The zero-order chi connectivity index (χ0) is 9.42. The molecule has 0 amide bonds. The number of nitrogen functional groups attached to an aromatic ring is 1. The summed E-state index contributed by atoms with van der Waals surface area (Å²) in [5.74, 6) is -0.403. The van der Waals surface area contributed by atoms with Crippen molar-refractivity contribution in [1.82, 2.24) is 9.94 Å². The normalized spacial score (nSPS) is 10.6. The molecule has 13 heavy (non-hydrogen) atoms. The monoisotopic (exact) mass is 181 g/mol. The molecular formula is C8H8FN3O. The van der Waals surface area contributed by atoms with Crippen LogP contribution in [0.5, 0.6) is 0 Å². The van der Waals surface area contributed by atoms with Crippen LogP contribution in [-0.4, -0.2) is 17.1 Å². The molecule has 2 rings (SSSR count). The van der Waals surface area contributed by atoms with Crippen molar-refractivity contribution in [2.24, 2.45) is 0 Å². The van der Waals surface area contributed by atoms with Crippen molar-refractivity contribution in [3.8, 4) is 0 Å². The fraction of sp³-hybridized carbons (Fsp3) is 0.125. The standard InChI is InChI=1S/C8H8FN3O/c1-13-12-4-5-7(10)3-2-6(9)8(5)11-12/h2-4H,10H2,1H3. The number of hydrogen-bond donors (Lipinski definition) is 1. The highest BCUT2D eigenvalue weighted by Gasteiger charge is 2.08. The Kier molecular flexibility index (Phi) is 1.58. The lowest BCUT2D eigenvalue weighted by molar-refractivity contribution is 0.135. The third kappa shape index (κ3) is 1.09. The first kappa shape index (κ1) is 7.85. The molecule has 1 aromatic heterocycles. The van der Waals surface area contributed by atoms with E-state index in [-0.39, 0.29) is 5.52 Å². The van der Waals surface area contributed by atoms with Gasteiger partial charge in [-0.3, -0.25) is 0 Å². The van der Waals surface area contributed by atoms with Gasteiger partial charge in [-0.15, -0.1) is 9.94 Å². The molecule has 0 spiro atoms. The maximum atomic E-state index is 13.1. The van der Waals surface area contributed by atoms with Gasteiger partial charge in [0.1, 0.15) is 12.6 Å². The highest BCUT2D eigenvalue weighted by atomic mass is 19.1. The van der Waals surface area contributed by atoms with E-state index in [1.54, 1.807) is 0 Å². The second-order valence-corrected chi connectivity index (χ2v) is 2.61. The van der Waals surface area contributed by atoms with Crippen LogP contribution >= 0.6 is 0 Å². The molecule has 0 aliphatic rings. The van der Waals surface area contributed by atoms with Gasteiger partial charge >= 0.3 is 0 Å². The maximum Gasteiger partial charge on any atom is 0.151 e. The van der Waals surface area contributed by atoms with Crippen molar-refractivity contribution in [1.29, 1.82) is 0 Å². The van der Waals surface area contributed by atoms with Crippen molar-refractivity contribution in [3.05, 3.63) is 24.1 Å². The minimum absolute atomic E-state index is 0.224. The van der Waals surface area contributed by atoms with Crippen LogP contribution in [0.15, 0.2) is 18.3 Å². The number of anilines is 1. The molecule has 0 saturated heterocycles. The second-order valence-electron chi connectivity index (χ2n) is 2.61. The number of halogens is 1. The predicted molar refractivity (Wildman–Crippen MR) is 46.6 cm³/mol. The Morgan fingerprint density at radius 2 is 2.31 bits per heavy atom. The average molecular weight is 181 g/mol. The van der Waals surface area contributed by atoms with Crippen molar-refractivity contribution < 1.29 is 9.23 Å². The van der Waals surface area contributed by atoms with E-state index in [1.165, 1.54) is 30.3 Å². The second kappa shape index (κ2) is 2.62. The summed E-state index contributed by atoms with van der Waals surface area (Å²) in [5.41, 5.74) is 6.33. The van der Waals surface area contributed by atoms with E-state index in [0.29, 0.717) is 11.1 Å². The van der Waals surface area contributed by atoms with Gasteiger partial charge in [0.2, 0.25) is 0 Å². The first-order valence-corrected chi connectivity index (χ1v) is 3.70. The number of nitrogens with zero attached hydrogens (tertiary/aromatic N) is 2. The summed E-state index contributed by atoms with van der Waals surface area (Å²) < 4.78 is 13.1. The first-order chi connectivity index (χ1) is 6.22. The van der Waals surface area contributed by atoms with Crippen molar-refractivity contribution in [3.63, 3.8) is 0 Å². The zero-order valence-electron chi connectivity index (χ0n) is 6.99. The lowest BCUT2D eigenvalue weighted by Crippen LogP contribution is -2.04.